The van der Waals surface area contributed by atoms with Gasteiger partial charge in [0.25, 0.3) is 0 Å². The Bertz CT molecular complexity index is 280. The zero-order chi connectivity index (χ0) is 12.1. The van der Waals surface area contributed by atoms with Gasteiger partial charge in [-0.15, -0.1) is 24.0 Å². The lowest BCUT2D eigenvalue weighted by Gasteiger charge is -2.31. The minimum atomic E-state index is -0.270. The number of ether oxygens (including phenoxy) is 2. The molecule has 18 heavy (non-hydrogen) atoms. The summed E-state index contributed by atoms with van der Waals surface area (Å²) in [5.41, 5.74) is 0. The van der Waals surface area contributed by atoms with Crippen molar-refractivity contribution < 1.29 is 9.47 Å². The molecule has 6 heteroatoms. The lowest BCUT2D eigenvalue weighted by atomic mass is 9.94. The second kappa shape index (κ2) is 7.49. The number of nitrogens with one attached hydrogen (secondary N) is 2. The highest BCUT2D eigenvalue weighted by molar-refractivity contribution is 14.0. The van der Waals surface area contributed by atoms with E-state index in [0.717, 1.165) is 25.3 Å². The molecule has 0 amide bonds. The molecule has 2 N–H and O–H groups in total. The molecule has 0 aromatic rings. The lowest BCUT2D eigenvalue weighted by molar-refractivity contribution is -0.186. The van der Waals surface area contributed by atoms with E-state index >= 15 is 0 Å². The minimum Gasteiger partial charge on any atom is -0.359 e. The smallest absolute Gasteiger partial charge is 0.190 e. The number of guanidine groups is 1. The third-order valence-corrected chi connectivity index (χ3v) is 3.49. The van der Waals surface area contributed by atoms with Gasteiger partial charge >= 0.3 is 0 Å². The second-order valence-corrected chi connectivity index (χ2v) is 4.73. The van der Waals surface area contributed by atoms with Crippen molar-refractivity contribution in [2.45, 2.75) is 44.0 Å². The molecule has 1 saturated heterocycles. The number of rotatable bonds is 2. The van der Waals surface area contributed by atoms with Crippen LogP contribution >= 0.6 is 24.0 Å². The standard InChI is InChI=1S/C12H23N3O2.HI/c1-13-11(14-2)15-8-10-9-16-12(17-10)6-4-3-5-7-12;/h10H,3-9H2,1-2H3,(H2,13,14,15);1H. The Balaban J connectivity index is 0.00000162. The monoisotopic (exact) mass is 369 g/mol. The molecule has 106 valence electrons. The van der Waals surface area contributed by atoms with Crippen LogP contribution in [0.5, 0.6) is 0 Å². The first-order valence-corrected chi connectivity index (χ1v) is 6.48. The number of halogens is 1. The van der Waals surface area contributed by atoms with Crippen LogP contribution in [0, 0.1) is 0 Å². The zero-order valence-electron chi connectivity index (χ0n) is 11.2. The van der Waals surface area contributed by atoms with Crippen molar-refractivity contribution in [3.8, 4) is 0 Å². The zero-order valence-corrected chi connectivity index (χ0v) is 13.5. The van der Waals surface area contributed by atoms with E-state index in [1.165, 1.54) is 19.3 Å². The molecule has 0 aromatic heterocycles. The summed E-state index contributed by atoms with van der Waals surface area (Å²) in [6.45, 7) is 1.43. The summed E-state index contributed by atoms with van der Waals surface area (Å²) in [6, 6.07) is 0. The molecule has 0 bridgehead atoms. The van der Waals surface area contributed by atoms with Crippen molar-refractivity contribution in [1.82, 2.24) is 10.6 Å². The molecule has 1 aliphatic heterocycles. The van der Waals surface area contributed by atoms with E-state index in [4.69, 9.17) is 9.47 Å². The van der Waals surface area contributed by atoms with Crippen LogP contribution in [0.25, 0.3) is 0 Å². The Morgan fingerprint density at radius 3 is 2.67 bits per heavy atom. The summed E-state index contributed by atoms with van der Waals surface area (Å²) >= 11 is 0. The van der Waals surface area contributed by atoms with Crippen molar-refractivity contribution in [3.05, 3.63) is 0 Å². The van der Waals surface area contributed by atoms with Crippen molar-refractivity contribution >= 4 is 29.9 Å². The average Bonchev–Trinajstić information content (AvgIpc) is 2.75. The Kier molecular flexibility index (Phi) is 6.65. The Morgan fingerprint density at radius 1 is 1.33 bits per heavy atom. The fraction of sp³-hybridized carbons (Fsp3) is 0.917. The quantitative estimate of drug-likeness (QED) is 0.440. The van der Waals surface area contributed by atoms with Gasteiger partial charge in [0.1, 0.15) is 6.10 Å². The highest BCUT2D eigenvalue weighted by atomic mass is 127. The van der Waals surface area contributed by atoms with Gasteiger partial charge in [-0.1, -0.05) is 6.42 Å². The summed E-state index contributed by atoms with van der Waals surface area (Å²) in [7, 11) is 3.61. The number of aliphatic imine (C=N–C) groups is 1. The van der Waals surface area contributed by atoms with Crippen LogP contribution in [-0.2, 0) is 9.47 Å². The van der Waals surface area contributed by atoms with E-state index in [0.29, 0.717) is 6.61 Å². The van der Waals surface area contributed by atoms with Gasteiger partial charge in [-0.3, -0.25) is 4.99 Å². The summed E-state index contributed by atoms with van der Waals surface area (Å²) < 4.78 is 11.9. The molecule has 2 aliphatic rings. The lowest BCUT2D eigenvalue weighted by Crippen LogP contribution is -2.41. The third-order valence-electron chi connectivity index (χ3n) is 3.49. The molecule has 0 radical (unpaired) electrons. The fourth-order valence-corrected chi connectivity index (χ4v) is 2.56. The van der Waals surface area contributed by atoms with Crippen LogP contribution in [0.3, 0.4) is 0 Å². The molecule has 1 saturated carbocycles. The highest BCUT2D eigenvalue weighted by Crippen LogP contribution is 2.37. The SMILES string of the molecule is CN=C(NC)NCC1COC2(CCCCC2)O1.I. The first-order chi connectivity index (χ1) is 8.28. The van der Waals surface area contributed by atoms with Crippen LogP contribution < -0.4 is 10.6 Å². The molecule has 2 rings (SSSR count). The van der Waals surface area contributed by atoms with E-state index in [-0.39, 0.29) is 35.9 Å². The number of hydrogen-bond acceptors (Lipinski definition) is 3. The molecule has 1 atom stereocenters. The maximum absolute atomic E-state index is 6.06. The van der Waals surface area contributed by atoms with E-state index < -0.39 is 0 Å². The Hall–Kier alpha value is -0.0800. The van der Waals surface area contributed by atoms with E-state index in [1.807, 2.05) is 7.05 Å². The number of hydrogen-bond donors (Lipinski definition) is 2. The van der Waals surface area contributed by atoms with Crippen LogP contribution in [-0.4, -0.2) is 45.1 Å². The van der Waals surface area contributed by atoms with Gasteiger partial charge in [0.05, 0.1) is 6.61 Å². The normalized spacial score (nSPS) is 26.8. The van der Waals surface area contributed by atoms with Crippen LogP contribution in [0.15, 0.2) is 4.99 Å². The van der Waals surface area contributed by atoms with Crippen molar-refractivity contribution in [2.75, 3.05) is 27.2 Å². The first kappa shape index (κ1) is 16.0. The molecule has 1 spiro atoms. The number of nitrogens with zero attached hydrogens (tertiary/aromatic N) is 1. The molecule has 1 unspecified atom stereocenters. The Morgan fingerprint density at radius 2 is 2.06 bits per heavy atom. The van der Waals surface area contributed by atoms with E-state index in [2.05, 4.69) is 15.6 Å². The minimum absolute atomic E-state index is 0. The second-order valence-electron chi connectivity index (χ2n) is 4.73. The first-order valence-electron chi connectivity index (χ1n) is 6.48. The van der Waals surface area contributed by atoms with Gasteiger partial charge < -0.3 is 20.1 Å². The van der Waals surface area contributed by atoms with Crippen molar-refractivity contribution in [2.24, 2.45) is 4.99 Å². The van der Waals surface area contributed by atoms with Gasteiger partial charge in [-0.2, -0.15) is 0 Å². The Labute approximate surface area is 126 Å². The predicted molar refractivity (Wildman–Crippen MR) is 82.5 cm³/mol. The topological polar surface area (TPSA) is 54.9 Å². The van der Waals surface area contributed by atoms with Crippen LogP contribution in [0.2, 0.25) is 0 Å². The van der Waals surface area contributed by atoms with Gasteiger partial charge in [0.2, 0.25) is 0 Å². The maximum atomic E-state index is 6.06. The van der Waals surface area contributed by atoms with Crippen molar-refractivity contribution in [1.29, 1.82) is 0 Å². The fourth-order valence-electron chi connectivity index (χ4n) is 2.56. The molecule has 5 nitrogen and oxygen atoms in total. The molecule has 2 fully saturated rings. The summed E-state index contributed by atoms with van der Waals surface area (Å²) in [4.78, 5) is 4.07. The highest BCUT2D eigenvalue weighted by Gasteiger charge is 2.41. The summed E-state index contributed by atoms with van der Waals surface area (Å²) in [5.74, 6) is 0.520. The van der Waals surface area contributed by atoms with Crippen LogP contribution in [0.1, 0.15) is 32.1 Å². The summed E-state index contributed by atoms with van der Waals surface area (Å²) in [5, 5.41) is 6.21. The summed E-state index contributed by atoms with van der Waals surface area (Å²) in [6.07, 6.45) is 5.98. The van der Waals surface area contributed by atoms with E-state index in [1.54, 1.807) is 7.05 Å². The molecule has 0 aromatic carbocycles. The average molecular weight is 369 g/mol. The molecular formula is C12H24IN3O2. The maximum Gasteiger partial charge on any atom is 0.190 e. The van der Waals surface area contributed by atoms with Crippen molar-refractivity contribution in [3.63, 3.8) is 0 Å². The predicted octanol–water partition coefficient (Wildman–Crippen LogP) is 1.47. The van der Waals surface area contributed by atoms with Gasteiger partial charge in [-0.25, -0.2) is 0 Å². The largest absolute Gasteiger partial charge is 0.359 e. The molecular weight excluding hydrogens is 345 g/mol. The van der Waals surface area contributed by atoms with E-state index in [9.17, 15) is 0 Å². The molecule has 1 aliphatic carbocycles. The van der Waals surface area contributed by atoms with Crippen LogP contribution in [0.4, 0.5) is 0 Å². The van der Waals surface area contributed by atoms with Gasteiger partial charge in [0.15, 0.2) is 11.7 Å². The third kappa shape index (κ3) is 3.96. The van der Waals surface area contributed by atoms with Gasteiger partial charge in [0, 0.05) is 33.5 Å². The van der Waals surface area contributed by atoms with Gasteiger partial charge in [-0.05, 0) is 12.8 Å². The molecule has 1 heterocycles.